The molecular weight excluding hydrogens is 332 g/mol. The summed E-state index contributed by atoms with van der Waals surface area (Å²) in [5.74, 6) is 0.905. The maximum atomic E-state index is 12.5. The Labute approximate surface area is 155 Å². The second-order valence-electron chi connectivity index (χ2n) is 7.37. The Balaban J connectivity index is 1.57. The molecule has 0 aliphatic carbocycles. The van der Waals surface area contributed by atoms with Crippen LogP contribution in [0.2, 0.25) is 0 Å². The van der Waals surface area contributed by atoms with Crippen LogP contribution in [0.3, 0.4) is 0 Å². The Morgan fingerprint density at radius 2 is 2.00 bits per heavy atom. The van der Waals surface area contributed by atoms with Crippen LogP contribution in [0.1, 0.15) is 16.1 Å². The van der Waals surface area contributed by atoms with E-state index in [1.165, 1.54) is 0 Å². The first-order valence-corrected chi connectivity index (χ1v) is 9.34. The molecule has 8 heteroatoms. The normalized spacial score (nSPS) is 22.9. The van der Waals surface area contributed by atoms with E-state index in [2.05, 4.69) is 44.1 Å². The quantitative estimate of drug-likeness (QED) is 0.798. The Kier molecular flexibility index (Phi) is 6.39. The lowest BCUT2D eigenvalue weighted by Crippen LogP contribution is -2.45. The molecule has 0 spiro atoms. The highest BCUT2D eigenvalue weighted by Crippen LogP contribution is 2.13. The molecule has 2 saturated heterocycles. The van der Waals surface area contributed by atoms with Crippen LogP contribution < -0.4 is 10.2 Å². The van der Waals surface area contributed by atoms with E-state index in [0.717, 1.165) is 51.6 Å². The average molecular weight is 362 g/mol. The number of hydrogen-bond acceptors (Lipinski definition) is 7. The van der Waals surface area contributed by atoms with Gasteiger partial charge in [0.05, 0.1) is 24.5 Å². The van der Waals surface area contributed by atoms with Gasteiger partial charge in [0, 0.05) is 57.9 Å². The van der Waals surface area contributed by atoms with E-state index in [1.54, 1.807) is 6.20 Å². The summed E-state index contributed by atoms with van der Waals surface area (Å²) in [6, 6.07) is 0. The van der Waals surface area contributed by atoms with Crippen molar-refractivity contribution in [2.24, 2.45) is 5.92 Å². The molecule has 1 unspecified atom stereocenters. The van der Waals surface area contributed by atoms with Crippen molar-refractivity contribution in [1.82, 2.24) is 25.1 Å². The van der Waals surface area contributed by atoms with Crippen molar-refractivity contribution in [2.75, 3.05) is 78.0 Å². The van der Waals surface area contributed by atoms with Gasteiger partial charge in [-0.15, -0.1) is 0 Å². The standard InChI is InChI=1S/C18H30N6O2/c1-14-16(11-20-18(21-14)24-6-4-22(2)5-7-24)17(25)19-10-15-12-23(3)8-9-26-13-15/h11,15H,4-10,12-13H2,1-3H3,(H,19,25). The van der Waals surface area contributed by atoms with Gasteiger partial charge in [0.2, 0.25) is 5.95 Å². The number of rotatable bonds is 4. The van der Waals surface area contributed by atoms with E-state index < -0.39 is 0 Å². The maximum absolute atomic E-state index is 12.5. The Bertz CT molecular complexity index is 618. The highest BCUT2D eigenvalue weighted by atomic mass is 16.5. The van der Waals surface area contributed by atoms with Gasteiger partial charge in [0.1, 0.15) is 0 Å². The van der Waals surface area contributed by atoms with Crippen molar-refractivity contribution >= 4 is 11.9 Å². The first-order valence-electron chi connectivity index (χ1n) is 9.34. The zero-order chi connectivity index (χ0) is 18.5. The van der Waals surface area contributed by atoms with Crippen LogP contribution in [0.25, 0.3) is 0 Å². The monoisotopic (exact) mass is 362 g/mol. The van der Waals surface area contributed by atoms with Gasteiger partial charge in [-0.05, 0) is 21.0 Å². The molecule has 26 heavy (non-hydrogen) atoms. The number of piperazine rings is 1. The van der Waals surface area contributed by atoms with Crippen LogP contribution in [0.15, 0.2) is 6.20 Å². The summed E-state index contributed by atoms with van der Waals surface area (Å²) >= 11 is 0. The molecular formula is C18H30N6O2. The number of amides is 1. The maximum Gasteiger partial charge on any atom is 0.254 e. The molecule has 0 bridgehead atoms. The fourth-order valence-corrected chi connectivity index (χ4v) is 3.35. The van der Waals surface area contributed by atoms with Crippen molar-refractivity contribution in [2.45, 2.75) is 6.92 Å². The third-order valence-electron chi connectivity index (χ3n) is 5.09. The first-order chi connectivity index (χ1) is 12.5. The zero-order valence-corrected chi connectivity index (χ0v) is 16.1. The molecule has 0 radical (unpaired) electrons. The topological polar surface area (TPSA) is 73.8 Å². The Hall–Kier alpha value is -1.77. The van der Waals surface area contributed by atoms with Crippen molar-refractivity contribution in [3.8, 4) is 0 Å². The molecule has 2 aliphatic heterocycles. The van der Waals surface area contributed by atoms with E-state index >= 15 is 0 Å². The third kappa shape index (κ3) is 4.90. The van der Waals surface area contributed by atoms with Crippen molar-refractivity contribution in [3.63, 3.8) is 0 Å². The van der Waals surface area contributed by atoms with Crippen LogP contribution >= 0.6 is 0 Å². The molecule has 144 valence electrons. The van der Waals surface area contributed by atoms with E-state index in [0.29, 0.717) is 30.6 Å². The minimum Gasteiger partial charge on any atom is -0.380 e. The Morgan fingerprint density at radius 3 is 2.73 bits per heavy atom. The summed E-state index contributed by atoms with van der Waals surface area (Å²) in [6.45, 7) is 9.60. The molecule has 0 aromatic carbocycles. The van der Waals surface area contributed by atoms with Crippen molar-refractivity contribution in [3.05, 3.63) is 17.5 Å². The number of aryl methyl sites for hydroxylation is 1. The van der Waals surface area contributed by atoms with Gasteiger partial charge in [0.15, 0.2) is 0 Å². The van der Waals surface area contributed by atoms with Gasteiger partial charge in [-0.3, -0.25) is 4.79 Å². The summed E-state index contributed by atoms with van der Waals surface area (Å²) in [7, 11) is 4.20. The Morgan fingerprint density at radius 1 is 1.23 bits per heavy atom. The van der Waals surface area contributed by atoms with Gasteiger partial charge >= 0.3 is 0 Å². The molecule has 2 fully saturated rings. The summed E-state index contributed by atoms with van der Waals surface area (Å²) in [4.78, 5) is 28.2. The van der Waals surface area contributed by atoms with Gasteiger partial charge in [-0.1, -0.05) is 0 Å². The second kappa shape index (κ2) is 8.75. The fourth-order valence-electron chi connectivity index (χ4n) is 3.35. The van der Waals surface area contributed by atoms with E-state index in [-0.39, 0.29) is 5.91 Å². The van der Waals surface area contributed by atoms with Crippen molar-refractivity contribution < 1.29 is 9.53 Å². The predicted octanol–water partition coefficient (Wildman–Crippen LogP) is -0.155. The number of carbonyl (C=O) groups is 1. The lowest BCUT2D eigenvalue weighted by Gasteiger charge is -2.32. The highest BCUT2D eigenvalue weighted by molar-refractivity contribution is 5.95. The smallest absolute Gasteiger partial charge is 0.254 e. The summed E-state index contributed by atoms with van der Waals surface area (Å²) in [5, 5.41) is 3.02. The lowest BCUT2D eigenvalue weighted by atomic mass is 10.1. The molecule has 1 N–H and O–H groups in total. The van der Waals surface area contributed by atoms with Gasteiger partial charge in [-0.2, -0.15) is 0 Å². The summed E-state index contributed by atoms with van der Waals surface area (Å²) < 4.78 is 5.60. The molecule has 3 rings (SSSR count). The summed E-state index contributed by atoms with van der Waals surface area (Å²) in [5.41, 5.74) is 1.27. The molecule has 1 atom stereocenters. The number of anilines is 1. The van der Waals surface area contributed by atoms with E-state index in [1.807, 2.05) is 6.92 Å². The third-order valence-corrected chi connectivity index (χ3v) is 5.09. The van der Waals surface area contributed by atoms with Gasteiger partial charge in [0.25, 0.3) is 5.91 Å². The van der Waals surface area contributed by atoms with Crippen LogP contribution in [0.5, 0.6) is 0 Å². The largest absolute Gasteiger partial charge is 0.380 e. The lowest BCUT2D eigenvalue weighted by molar-refractivity contribution is 0.0920. The number of likely N-dealkylation sites (N-methyl/N-ethyl adjacent to an activating group) is 2. The van der Waals surface area contributed by atoms with Crippen LogP contribution in [-0.2, 0) is 4.74 Å². The molecule has 1 aromatic heterocycles. The molecule has 1 aromatic rings. The number of hydrogen-bond donors (Lipinski definition) is 1. The summed E-state index contributed by atoms with van der Waals surface area (Å²) in [6.07, 6.45) is 1.65. The molecule has 3 heterocycles. The number of ether oxygens (including phenoxy) is 1. The fraction of sp³-hybridized carbons (Fsp3) is 0.722. The second-order valence-corrected chi connectivity index (χ2v) is 7.37. The SMILES string of the molecule is Cc1nc(N2CCN(C)CC2)ncc1C(=O)NCC1COCCN(C)C1. The minimum absolute atomic E-state index is 0.112. The molecule has 1 amide bonds. The van der Waals surface area contributed by atoms with Crippen LogP contribution in [0.4, 0.5) is 5.95 Å². The van der Waals surface area contributed by atoms with Gasteiger partial charge < -0.3 is 24.8 Å². The first kappa shape index (κ1) is 19.0. The molecule has 0 saturated carbocycles. The zero-order valence-electron chi connectivity index (χ0n) is 16.1. The minimum atomic E-state index is -0.112. The number of aromatic nitrogens is 2. The highest BCUT2D eigenvalue weighted by Gasteiger charge is 2.20. The molecule has 8 nitrogen and oxygen atoms in total. The van der Waals surface area contributed by atoms with E-state index in [4.69, 9.17) is 4.74 Å². The average Bonchev–Trinajstić information content (AvgIpc) is 2.84. The number of nitrogens with zero attached hydrogens (tertiary/aromatic N) is 5. The van der Waals surface area contributed by atoms with Crippen molar-refractivity contribution in [1.29, 1.82) is 0 Å². The van der Waals surface area contributed by atoms with E-state index in [9.17, 15) is 4.79 Å². The van der Waals surface area contributed by atoms with Gasteiger partial charge in [-0.25, -0.2) is 9.97 Å². The van der Waals surface area contributed by atoms with Crippen LogP contribution in [-0.4, -0.2) is 98.8 Å². The predicted molar refractivity (Wildman–Crippen MR) is 101 cm³/mol. The number of nitrogens with one attached hydrogen (secondary N) is 1. The number of carbonyl (C=O) groups excluding carboxylic acids is 1. The molecule has 2 aliphatic rings. The van der Waals surface area contributed by atoms with Crippen LogP contribution in [0, 0.1) is 12.8 Å².